The number of nitrogens with zero attached hydrogens (tertiary/aromatic N) is 2. The van der Waals surface area contributed by atoms with Crippen LogP contribution in [0.1, 0.15) is 4.88 Å². The van der Waals surface area contributed by atoms with Gasteiger partial charge in [0.05, 0.1) is 10.4 Å². The van der Waals surface area contributed by atoms with E-state index < -0.39 is 0 Å². The minimum Gasteiger partial charge on any atom is -0.398 e. The lowest BCUT2D eigenvalue weighted by Gasteiger charge is -1.99. The Bertz CT molecular complexity index is 699. The average molecular weight is 264 g/mol. The van der Waals surface area contributed by atoms with Crippen LogP contribution in [0.4, 0.5) is 5.69 Å². The molecule has 3 aromatic heterocycles. The van der Waals surface area contributed by atoms with Gasteiger partial charge in [0.15, 0.2) is 11.0 Å². The molecule has 0 bridgehead atoms. The highest BCUT2D eigenvalue weighted by Gasteiger charge is 2.12. The fourth-order valence-corrected chi connectivity index (χ4v) is 2.88. The van der Waals surface area contributed by atoms with Crippen molar-refractivity contribution >= 4 is 34.1 Å². The molecule has 5 heteroatoms. The Morgan fingerprint density at radius 1 is 1.29 bits per heavy atom. The Morgan fingerprint density at radius 2 is 2.12 bits per heavy atom. The maximum absolute atomic E-state index is 6.12. The van der Waals surface area contributed by atoms with Crippen molar-refractivity contribution in [3.8, 4) is 10.7 Å². The van der Waals surface area contributed by atoms with Crippen molar-refractivity contribution in [1.29, 1.82) is 0 Å². The number of aromatic nitrogens is 2. The zero-order valence-electron chi connectivity index (χ0n) is 9.14. The van der Waals surface area contributed by atoms with Crippen molar-refractivity contribution < 1.29 is 0 Å². The monoisotopic (exact) mass is 263 g/mol. The van der Waals surface area contributed by atoms with E-state index in [-0.39, 0.29) is 0 Å². The van der Waals surface area contributed by atoms with Gasteiger partial charge in [-0.2, -0.15) is 0 Å². The molecule has 2 N–H and O–H groups in total. The highest BCUT2D eigenvalue weighted by atomic mass is 35.5. The maximum Gasteiger partial charge on any atom is 0.156 e. The van der Waals surface area contributed by atoms with E-state index in [4.69, 9.17) is 17.3 Å². The lowest BCUT2D eigenvalue weighted by molar-refractivity contribution is 1.17. The molecule has 0 fully saturated rings. The molecule has 3 nitrogen and oxygen atoms in total. The normalized spacial score (nSPS) is 11.2. The summed E-state index contributed by atoms with van der Waals surface area (Å²) in [6.07, 6.45) is 1.85. The number of nitrogen functional groups attached to an aromatic ring is 1. The zero-order chi connectivity index (χ0) is 12.0. The fraction of sp³-hybridized carbons (Fsp3) is 0.0833. The number of halogens is 1. The molecule has 3 heterocycles. The van der Waals surface area contributed by atoms with Crippen LogP contribution in [0.2, 0.25) is 5.15 Å². The van der Waals surface area contributed by atoms with Gasteiger partial charge >= 0.3 is 0 Å². The van der Waals surface area contributed by atoms with Crippen molar-refractivity contribution in [2.45, 2.75) is 6.92 Å². The molecule has 0 radical (unpaired) electrons. The number of imidazole rings is 1. The van der Waals surface area contributed by atoms with E-state index in [0.29, 0.717) is 10.8 Å². The van der Waals surface area contributed by atoms with E-state index in [0.717, 1.165) is 16.2 Å². The molecular formula is C12H10ClN3S. The molecule has 0 unspecified atom stereocenters. The van der Waals surface area contributed by atoms with Crippen molar-refractivity contribution in [1.82, 2.24) is 9.38 Å². The number of thiophene rings is 1. The third kappa shape index (κ3) is 1.69. The number of rotatable bonds is 1. The molecule has 0 aliphatic heterocycles. The number of fused-ring (bicyclic) bond motifs is 1. The van der Waals surface area contributed by atoms with Gasteiger partial charge < -0.3 is 5.73 Å². The SMILES string of the molecule is Cc1ccc(-c2nc(Cl)c3ccc(N)cn23)s1. The first-order chi connectivity index (χ1) is 8.15. The number of hydrogen-bond donors (Lipinski definition) is 1. The van der Waals surface area contributed by atoms with Crippen LogP contribution in [0.5, 0.6) is 0 Å². The van der Waals surface area contributed by atoms with Crippen LogP contribution < -0.4 is 5.73 Å². The van der Waals surface area contributed by atoms with Gasteiger partial charge in [-0.05, 0) is 31.2 Å². The topological polar surface area (TPSA) is 43.3 Å². The summed E-state index contributed by atoms with van der Waals surface area (Å²) in [5, 5.41) is 0.506. The first kappa shape index (κ1) is 10.6. The predicted molar refractivity (Wildman–Crippen MR) is 72.7 cm³/mol. The molecule has 86 valence electrons. The van der Waals surface area contributed by atoms with Gasteiger partial charge in [-0.3, -0.25) is 4.40 Å². The molecule has 3 rings (SSSR count). The van der Waals surface area contributed by atoms with Crippen LogP contribution in [0.3, 0.4) is 0 Å². The van der Waals surface area contributed by atoms with Crippen molar-refractivity contribution in [3.05, 3.63) is 40.5 Å². The molecule has 17 heavy (non-hydrogen) atoms. The maximum atomic E-state index is 6.12. The molecule has 0 aliphatic rings. The van der Waals surface area contributed by atoms with Gasteiger partial charge in [0.25, 0.3) is 0 Å². The van der Waals surface area contributed by atoms with Crippen LogP contribution in [0.25, 0.3) is 16.2 Å². The first-order valence-corrected chi connectivity index (χ1v) is 6.34. The molecule has 0 amide bonds. The van der Waals surface area contributed by atoms with E-state index in [9.17, 15) is 0 Å². The summed E-state index contributed by atoms with van der Waals surface area (Å²) in [5.74, 6) is 0.843. The quantitative estimate of drug-likeness (QED) is 0.729. The number of aryl methyl sites for hydroxylation is 1. The summed E-state index contributed by atoms with van der Waals surface area (Å²) in [6, 6.07) is 7.83. The zero-order valence-corrected chi connectivity index (χ0v) is 10.7. The summed E-state index contributed by atoms with van der Waals surface area (Å²) in [5.41, 5.74) is 7.37. The molecule has 0 aromatic carbocycles. The van der Waals surface area contributed by atoms with Crippen molar-refractivity contribution in [3.63, 3.8) is 0 Å². The Hall–Kier alpha value is -1.52. The van der Waals surface area contributed by atoms with Crippen LogP contribution in [0, 0.1) is 6.92 Å². The first-order valence-electron chi connectivity index (χ1n) is 5.15. The summed E-state index contributed by atoms with van der Waals surface area (Å²) >= 11 is 7.81. The van der Waals surface area contributed by atoms with Gasteiger partial charge in [0, 0.05) is 16.8 Å². The van der Waals surface area contributed by atoms with Crippen LogP contribution in [0.15, 0.2) is 30.5 Å². The highest BCUT2D eigenvalue weighted by molar-refractivity contribution is 7.15. The lowest BCUT2D eigenvalue weighted by Crippen LogP contribution is -1.91. The second-order valence-electron chi connectivity index (χ2n) is 3.85. The number of pyridine rings is 1. The van der Waals surface area contributed by atoms with Crippen LogP contribution >= 0.6 is 22.9 Å². The number of hydrogen-bond acceptors (Lipinski definition) is 3. The fourth-order valence-electron chi connectivity index (χ4n) is 1.79. The molecule has 0 atom stereocenters. The predicted octanol–water partition coefficient (Wildman–Crippen LogP) is 3.61. The summed E-state index contributed by atoms with van der Waals surface area (Å²) in [7, 11) is 0. The smallest absolute Gasteiger partial charge is 0.156 e. The minimum atomic E-state index is 0.506. The summed E-state index contributed by atoms with van der Waals surface area (Å²) in [6.45, 7) is 2.07. The average Bonchev–Trinajstić information content (AvgIpc) is 2.83. The standard InChI is InChI=1S/C12H10ClN3S/c1-7-2-5-10(17-7)12-15-11(13)9-4-3-8(14)6-16(9)12/h2-6H,14H2,1H3. The minimum absolute atomic E-state index is 0.506. The third-order valence-electron chi connectivity index (χ3n) is 2.58. The second-order valence-corrected chi connectivity index (χ2v) is 5.50. The Kier molecular flexibility index (Phi) is 2.34. The highest BCUT2D eigenvalue weighted by Crippen LogP contribution is 2.31. The summed E-state index contributed by atoms with van der Waals surface area (Å²) < 4.78 is 1.93. The van der Waals surface area contributed by atoms with Gasteiger partial charge in [-0.1, -0.05) is 11.6 Å². The second kappa shape index (κ2) is 3.75. The van der Waals surface area contributed by atoms with Gasteiger partial charge in [0.2, 0.25) is 0 Å². The molecular weight excluding hydrogens is 254 g/mol. The van der Waals surface area contributed by atoms with Crippen LogP contribution in [-0.2, 0) is 0 Å². The third-order valence-corrected chi connectivity index (χ3v) is 3.85. The number of anilines is 1. The molecule has 0 spiro atoms. The molecule has 0 saturated carbocycles. The van der Waals surface area contributed by atoms with Crippen molar-refractivity contribution in [2.24, 2.45) is 0 Å². The van der Waals surface area contributed by atoms with E-state index in [1.165, 1.54) is 4.88 Å². The van der Waals surface area contributed by atoms with E-state index in [1.54, 1.807) is 11.3 Å². The Morgan fingerprint density at radius 3 is 2.82 bits per heavy atom. The van der Waals surface area contributed by atoms with Crippen molar-refractivity contribution in [2.75, 3.05) is 5.73 Å². The lowest BCUT2D eigenvalue weighted by atomic mass is 10.3. The Labute approximate surface area is 107 Å². The number of nitrogens with two attached hydrogens (primary N) is 1. The Balaban J connectivity index is 2.33. The molecule has 0 aliphatic carbocycles. The van der Waals surface area contributed by atoms with E-state index in [2.05, 4.69) is 18.0 Å². The largest absolute Gasteiger partial charge is 0.398 e. The van der Waals surface area contributed by atoms with Crippen LogP contribution in [-0.4, -0.2) is 9.38 Å². The summed E-state index contributed by atoms with van der Waals surface area (Å²) in [4.78, 5) is 6.74. The van der Waals surface area contributed by atoms with E-state index >= 15 is 0 Å². The van der Waals surface area contributed by atoms with Gasteiger partial charge in [-0.15, -0.1) is 11.3 Å². The van der Waals surface area contributed by atoms with Gasteiger partial charge in [-0.25, -0.2) is 4.98 Å². The molecule has 3 aromatic rings. The van der Waals surface area contributed by atoms with E-state index in [1.807, 2.05) is 28.8 Å². The molecule has 0 saturated heterocycles. The van der Waals surface area contributed by atoms with Gasteiger partial charge in [0.1, 0.15) is 0 Å².